The molecule has 36 heavy (non-hydrogen) atoms. The number of carbonyl (C=O) groups is 1. The van der Waals surface area contributed by atoms with Gasteiger partial charge in [-0.05, 0) is 55.5 Å². The summed E-state index contributed by atoms with van der Waals surface area (Å²) in [4.78, 5) is 12.9. The Morgan fingerprint density at radius 3 is 1.92 bits per heavy atom. The lowest BCUT2D eigenvalue weighted by atomic mass is 9.96. The third-order valence-corrected chi connectivity index (χ3v) is 7.02. The smallest absolute Gasteiger partial charge is 0.336 e. The van der Waals surface area contributed by atoms with E-state index in [2.05, 4.69) is 10.6 Å². The summed E-state index contributed by atoms with van der Waals surface area (Å²) in [6.07, 6.45) is -3.49. The molecule has 0 bridgehead atoms. The van der Waals surface area contributed by atoms with Gasteiger partial charge in [-0.15, -0.1) is 0 Å². The zero-order chi connectivity index (χ0) is 26.9. The van der Waals surface area contributed by atoms with E-state index in [-0.39, 0.29) is 10.5 Å². The Bertz CT molecular complexity index is 1240. The number of amides is 1. The highest BCUT2D eigenvalue weighted by molar-refractivity contribution is 7.90. The second-order valence-corrected chi connectivity index (χ2v) is 11.7. The molecular formula is C25H27F4N3O3S. The highest BCUT2D eigenvalue weighted by atomic mass is 32.2. The molecule has 0 aromatic heterocycles. The molecule has 2 unspecified atom stereocenters. The molecule has 194 valence electrons. The van der Waals surface area contributed by atoms with Gasteiger partial charge in [0, 0.05) is 12.7 Å². The molecule has 0 radical (unpaired) electrons. The SMILES string of the molecule is CC(C)(F)CC(NC(c1ccc(-c2ccc(S(C)(=O)=O)cc2)cc1)C(F)(F)F)C(=O)NC1(C#N)CC1. The number of benzene rings is 2. The van der Waals surface area contributed by atoms with Crippen LogP contribution in [0.2, 0.25) is 0 Å². The molecule has 0 spiro atoms. The number of sulfone groups is 1. The lowest BCUT2D eigenvalue weighted by Crippen LogP contribution is -2.53. The van der Waals surface area contributed by atoms with Crippen molar-refractivity contribution < 1.29 is 30.8 Å². The number of alkyl halides is 4. The zero-order valence-electron chi connectivity index (χ0n) is 20.0. The summed E-state index contributed by atoms with van der Waals surface area (Å²) < 4.78 is 79.9. The molecule has 0 heterocycles. The van der Waals surface area contributed by atoms with E-state index in [1.165, 1.54) is 50.2 Å². The first kappa shape index (κ1) is 27.6. The summed E-state index contributed by atoms with van der Waals surface area (Å²) in [6, 6.07) is 9.47. The van der Waals surface area contributed by atoms with Gasteiger partial charge in [0.2, 0.25) is 5.91 Å². The Kier molecular flexibility index (Phi) is 7.54. The minimum Gasteiger partial charge on any atom is -0.336 e. The average Bonchev–Trinajstić information content (AvgIpc) is 3.54. The van der Waals surface area contributed by atoms with E-state index in [9.17, 15) is 36.0 Å². The second kappa shape index (κ2) is 9.82. The molecule has 1 fully saturated rings. The third kappa shape index (κ3) is 7.04. The average molecular weight is 526 g/mol. The largest absolute Gasteiger partial charge is 0.407 e. The fourth-order valence-electron chi connectivity index (χ4n) is 3.77. The lowest BCUT2D eigenvalue weighted by molar-refractivity contribution is -0.161. The van der Waals surface area contributed by atoms with E-state index >= 15 is 0 Å². The number of carbonyl (C=O) groups excluding carboxylic acids is 1. The van der Waals surface area contributed by atoms with Crippen LogP contribution in [0.25, 0.3) is 11.1 Å². The van der Waals surface area contributed by atoms with E-state index in [1.807, 2.05) is 6.07 Å². The number of hydrogen-bond acceptors (Lipinski definition) is 5. The van der Waals surface area contributed by atoms with E-state index < -0.39 is 51.6 Å². The van der Waals surface area contributed by atoms with Gasteiger partial charge in [0.25, 0.3) is 0 Å². The van der Waals surface area contributed by atoms with Crippen LogP contribution in [0.3, 0.4) is 0 Å². The van der Waals surface area contributed by atoms with Crippen LogP contribution in [0.15, 0.2) is 53.4 Å². The number of nitrogens with zero attached hydrogens (tertiary/aromatic N) is 1. The van der Waals surface area contributed by atoms with Gasteiger partial charge < -0.3 is 5.32 Å². The van der Waals surface area contributed by atoms with Gasteiger partial charge in [0.05, 0.1) is 17.0 Å². The Labute approximate surface area is 207 Å². The molecule has 1 aliphatic carbocycles. The molecule has 0 aliphatic heterocycles. The normalized spacial score (nSPS) is 17.1. The molecule has 0 saturated heterocycles. The van der Waals surface area contributed by atoms with Gasteiger partial charge in [-0.25, -0.2) is 12.8 Å². The molecule has 11 heteroatoms. The molecule has 2 N–H and O–H groups in total. The van der Waals surface area contributed by atoms with Crippen molar-refractivity contribution >= 4 is 15.7 Å². The maximum absolute atomic E-state index is 14.4. The lowest BCUT2D eigenvalue weighted by Gasteiger charge is -2.30. The fraction of sp³-hybridized carbons (Fsp3) is 0.440. The van der Waals surface area contributed by atoms with Crippen LogP contribution in [-0.2, 0) is 14.6 Å². The Morgan fingerprint density at radius 1 is 1.03 bits per heavy atom. The van der Waals surface area contributed by atoms with Crippen LogP contribution < -0.4 is 10.6 Å². The van der Waals surface area contributed by atoms with Crippen molar-refractivity contribution in [3.8, 4) is 17.2 Å². The summed E-state index contributed by atoms with van der Waals surface area (Å²) in [5.74, 6) is -0.864. The van der Waals surface area contributed by atoms with Crippen molar-refractivity contribution in [2.24, 2.45) is 0 Å². The Morgan fingerprint density at radius 2 is 1.53 bits per heavy atom. The summed E-state index contributed by atoms with van der Waals surface area (Å²) in [7, 11) is -3.39. The number of halogens is 4. The molecular weight excluding hydrogens is 498 g/mol. The van der Waals surface area contributed by atoms with Crippen LogP contribution in [0.4, 0.5) is 17.6 Å². The van der Waals surface area contributed by atoms with Crippen molar-refractivity contribution in [2.75, 3.05) is 6.26 Å². The Balaban J connectivity index is 1.86. The molecule has 6 nitrogen and oxygen atoms in total. The molecule has 1 saturated carbocycles. The van der Waals surface area contributed by atoms with Crippen LogP contribution in [0.1, 0.15) is 44.7 Å². The number of hydrogen-bond donors (Lipinski definition) is 2. The molecule has 1 amide bonds. The number of rotatable bonds is 9. The van der Waals surface area contributed by atoms with Crippen LogP contribution in [0, 0.1) is 11.3 Å². The van der Waals surface area contributed by atoms with Crippen LogP contribution >= 0.6 is 0 Å². The second-order valence-electron chi connectivity index (χ2n) is 9.72. The van der Waals surface area contributed by atoms with E-state index in [4.69, 9.17) is 0 Å². The van der Waals surface area contributed by atoms with Crippen molar-refractivity contribution in [2.45, 2.75) is 67.5 Å². The zero-order valence-corrected chi connectivity index (χ0v) is 20.8. The van der Waals surface area contributed by atoms with Crippen molar-refractivity contribution in [3.05, 3.63) is 54.1 Å². The first-order valence-electron chi connectivity index (χ1n) is 11.2. The monoisotopic (exact) mass is 525 g/mol. The van der Waals surface area contributed by atoms with Crippen LogP contribution in [0.5, 0.6) is 0 Å². The van der Waals surface area contributed by atoms with Gasteiger partial charge in [-0.3, -0.25) is 10.1 Å². The standard InChI is InChI=1S/C25H27F4N3O3S/c1-23(2,26)14-20(22(33)32-24(15-30)12-13-24)31-21(25(27,28)29)18-6-4-16(5-7-18)17-8-10-19(11-9-17)36(3,34)35/h4-11,20-21,31H,12-14H2,1-3H3,(H,32,33). The van der Waals surface area contributed by atoms with Crippen molar-refractivity contribution in [1.29, 1.82) is 5.26 Å². The molecule has 2 aromatic carbocycles. The maximum atomic E-state index is 14.4. The molecule has 2 atom stereocenters. The van der Waals surface area contributed by atoms with Gasteiger partial charge in [-0.1, -0.05) is 36.4 Å². The summed E-state index contributed by atoms with van der Waals surface area (Å²) in [5.41, 5.74) is -2.08. The topological polar surface area (TPSA) is 99.1 Å². The minimum atomic E-state index is -4.80. The van der Waals surface area contributed by atoms with Gasteiger partial charge >= 0.3 is 6.18 Å². The predicted octanol–water partition coefficient (Wildman–Crippen LogP) is 4.63. The summed E-state index contributed by atoms with van der Waals surface area (Å²) >= 11 is 0. The fourth-order valence-corrected chi connectivity index (χ4v) is 4.40. The summed E-state index contributed by atoms with van der Waals surface area (Å²) in [5, 5.41) is 13.9. The number of nitrogens with one attached hydrogen (secondary N) is 2. The molecule has 1 aliphatic rings. The van der Waals surface area contributed by atoms with E-state index in [0.29, 0.717) is 24.0 Å². The van der Waals surface area contributed by atoms with Gasteiger partial charge in [-0.2, -0.15) is 18.4 Å². The van der Waals surface area contributed by atoms with Crippen molar-refractivity contribution in [3.63, 3.8) is 0 Å². The maximum Gasteiger partial charge on any atom is 0.407 e. The quantitative estimate of drug-likeness (QED) is 0.465. The minimum absolute atomic E-state index is 0.119. The van der Waals surface area contributed by atoms with Crippen LogP contribution in [-0.4, -0.2) is 44.0 Å². The van der Waals surface area contributed by atoms with E-state index in [1.54, 1.807) is 12.1 Å². The summed E-state index contributed by atoms with van der Waals surface area (Å²) in [6.45, 7) is 2.33. The first-order valence-corrected chi connectivity index (χ1v) is 13.1. The first-order chi connectivity index (χ1) is 16.5. The third-order valence-electron chi connectivity index (χ3n) is 5.89. The highest BCUT2D eigenvalue weighted by Crippen LogP contribution is 2.37. The molecule has 2 aromatic rings. The molecule has 3 rings (SSSR count). The van der Waals surface area contributed by atoms with E-state index in [0.717, 1.165) is 6.26 Å². The Hall–Kier alpha value is -2.97. The van der Waals surface area contributed by atoms with Gasteiger partial charge in [0.1, 0.15) is 17.2 Å². The highest BCUT2D eigenvalue weighted by Gasteiger charge is 2.48. The van der Waals surface area contributed by atoms with Gasteiger partial charge in [0.15, 0.2) is 9.84 Å². The predicted molar refractivity (Wildman–Crippen MR) is 126 cm³/mol. The van der Waals surface area contributed by atoms with Crippen molar-refractivity contribution in [1.82, 2.24) is 10.6 Å². The number of nitriles is 1.